The zero-order chi connectivity index (χ0) is 20.4. The number of aromatic amines is 1. The molecule has 0 bridgehead atoms. The predicted molar refractivity (Wildman–Crippen MR) is 113 cm³/mol. The van der Waals surface area contributed by atoms with Crippen molar-refractivity contribution >= 4 is 17.6 Å². The summed E-state index contributed by atoms with van der Waals surface area (Å²) in [6, 6.07) is 11.8. The van der Waals surface area contributed by atoms with Crippen LogP contribution < -0.4 is 21.2 Å². The Hall–Kier alpha value is -3.36. The lowest BCUT2D eigenvalue weighted by molar-refractivity contribution is 0.466. The molecule has 1 aliphatic heterocycles. The van der Waals surface area contributed by atoms with Crippen LogP contribution in [0, 0.1) is 0 Å². The topological polar surface area (TPSA) is 109 Å². The van der Waals surface area contributed by atoms with Crippen LogP contribution in [0.15, 0.2) is 41.2 Å². The molecule has 152 valence electrons. The van der Waals surface area contributed by atoms with Gasteiger partial charge in [-0.2, -0.15) is 15.1 Å². The van der Waals surface area contributed by atoms with Gasteiger partial charge in [-0.25, -0.2) is 9.89 Å². The van der Waals surface area contributed by atoms with E-state index in [4.69, 9.17) is 5.73 Å². The van der Waals surface area contributed by atoms with E-state index in [0.29, 0.717) is 18.3 Å². The number of piperidine rings is 1. The third-order valence-electron chi connectivity index (χ3n) is 5.28. The molecule has 3 heterocycles. The van der Waals surface area contributed by atoms with Crippen molar-refractivity contribution < 1.29 is 0 Å². The van der Waals surface area contributed by atoms with Crippen LogP contribution in [0.1, 0.15) is 30.1 Å². The summed E-state index contributed by atoms with van der Waals surface area (Å²) in [5.41, 5.74) is 6.89. The second-order valence-corrected chi connectivity index (χ2v) is 7.57. The quantitative estimate of drug-likeness (QED) is 0.674. The summed E-state index contributed by atoms with van der Waals surface area (Å²) in [6.45, 7) is 2.17. The van der Waals surface area contributed by atoms with Gasteiger partial charge in [-0.1, -0.05) is 30.3 Å². The van der Waals surface area contributed by atoms with E-state index in [0.717, 1.165) is 43.1 Å². The first-order valence-corrected chi connectivity index (χ1v) is 9.77. The van der Waals surface area contributed by atoms with Crippen LogP contribution in [0.4, 0.5) is 17.6 Å². The fourth-order valence-corrected chi connectivity index (χ4v) is 3.73. The maximum Gasteiger partial charge on any atom is 0.343 e. The molecule has 0 amide bonds. The maximum absolute atomic E-state index is 12.3. The van der Waals surface area contributed by atoms with E-state index in [1.54, 1.807) is 4.57 Å². The number of hydrogen-bond acceptors (Lipinski definition) is 7. The largest absolute Gasteiger partial charge is 0.383 e. The summed E-state index contributed by atoms with van der Waals surface area (Å²) in [5.74, 6) is 2.95. The average Bonchev–Trinajstić information content (AvgIpc) is 3.08. The van der Waals surface area contributed by atoms with Crippen molar-refractivity contribution in [1.29, 1.82) is 0 Å². The Kier molecular flexibility index (Phi) is 5.20. The number of nitrogens with two attached hydrogens (primary N) is 1. The molecule has 3 aromatic rings. The number of rotatable bonds is 5. The van der Waals surface area contributed by atoms with E-state index >= 15 is 0 Å². The predicted octanol–water partition coefficient (Wildman–Crippen LogP) is 1.44. The van der Waals surface area contributed by atoms with Crippen molar-refractivity contribution in [3.63, 3.8) is 0 Å². The van der Waals surface area contributed by atoms with Crippen LogP contribution in [0.2, 0.25) is 0 Å². The molecule has 9 nitrogen and oxygen atoms in total. The molecule has 29 heavy (non-hydrogen) atoms. The van der Waals surface area contributed by atoms with Crippen molar-refractivity contribution in [3.8, 4) is 0 Å². The lowest BCUT2D eigenvalue weighted by Gasteiger charge is -2.32. The van der Waals surface area contributed by atoms with Gasteiger partial charge in [-0.15, -0.1) is 0 Å². The fourth-order valence-electron chi connectivity index (χ4n) is 3.73. The van der Waals surface area contributed by atoms with Crippen LogP contribution >= 0.6 is 0 Å². The number of H-pyrrole nitrogens is 1. The normalized spacial score (nSPS) is 14.9. The van der Waals surface area contributed by atoms with Crippen LogP contribution in [-0.2, 0) is 6.54 Å². The highest BCUT2D eigenvalue weighted by Crippen LogP contribution is 2.29. The Morgan fingerprint density at radius 1 is 1.17 bits per heavy atom. The Bertz CT molecular complexity index is 1020. The van der Waals surface area contributed by atoms with Crippen LogP contribution in [0.5, 0.6) is 0 Å². The Balaban J connectivity index is 1.49. The highest BCUT2D eigenvalue weighted by molar-refractivity contribution is 5.52. The molecule has 0 saturated carbocycles. The summed E-state index contributed by atoms with van der Waals surface area (Å²) in [7, 11) is 3.79. The van der Waals surface area contributed by atoms with Gasteiger partial charge in [0.2, 0.25) is 5.95 Å². The third-order valence-corrected chi connectivity index (χ3v) is 5.28. The molecular formula is C20H26N8O. The van der Waals surface area contributed by atoms with Crippen LogP contribution in [-0.4, -0.2) is 51.9 Å². The van der Waals surface area contributed by atoms with Gasteiger partial charge in [0.1, 0.15) is 17.5 Å². The van der Waals surface area contributed by atoms with Gasteiger partial charge in [0.15, 0.2) is 0 Å². The smallest absolute Gasteiger partial charge is 0.343 e. The minimum Gasteiger partial charge on any atom is -0.383 e. The highest BCUT2D eigenvalue weighted by atomic mass is 16.1. The minimum atomic E-state index is -0.162. The van der Waals surface area contributed by atoms with Crippen molar-refractivity contribution in [2.24, 2.45) is 0 Å². The summed E-state index contributed by atoms with van der Waals surface area (Å²) >= 11 is 0. The number of aromatic nitrogens is 5. The number of nitrogen functional groups attached to an aromatic ring is 1. The van der Waals surface area contributed by atoms with Crippen molar-refractivity contribution in [2.45, 2.75) is 25.3 Å². The zero-order valence-electron chi connectivity index (χ0n) is 16.7. The summed E-state index contributed by atoms with van der Waals surface area (Å²) in [6.07, 6.45) is 1.78. The van der Waals surface area contributed by atoms with E-state index < -0.39 is 0 Å². The van der Waals surface area contributed by atoms with Gasteiger partial charge in [-0.3, -0.25) is 4.57 Å². The number of benzene rings is 1. The molecule has 0 radical (unpaired) electrons. The molecule has 0 atom stereocenters. The van der Waals surface area contributed by atoms with E-state index in [1.807, 2.05) is 55.4 Å². The molecule has 0 unspecified atom stereocenters. The molecule has 0 aliphatic carbocycles. The highest BCUT2D eigenvalue weighted by Gasteiger charge is 2.26. The molecule has 1 aromatic carbocycles. The molecule has 9 heteroatoms. The van der Waals surface area contributed by atoms with E-state index in [9.17, 15) is 4.79 Å². The van der Waals surface area contributed by atoms with E-state index in [-0.39, 0.29) is 11.6 Å². The SMILES string of the molecule is CN(C)c1nc(N)cc(N2CCC(c3n[nH]c(=O)n3Cc3ccccc3)CC2)n1. The van der Waals surface area contributed by atoms with E-state index in [2.05, 4.69) is 25.1 Å². The summed E-state index contributed by atoms with van der Waals surface area (Å²) in [4.78, 5) is 25.2. The second-order valence-electron chi connectivity index (χ2n) is 7.57. The van der Waals surface area contributed by atoms with Crippen molar-refractivity contribution in [2.75, 3.05) is 42.7 Å². The van der Waals surface area contributed by atoms with E-state index in [1.165, 1.54) is 0 Å². The van der Waals surface area contributed by atoms with Gasteiger partial charge in [0.25, 0.3) is 0 Å². The Morgan fingerprint density at radius 3 is 2.59 bits per heavy atom. The maximum atomic E-state index is 12.3. The lowest BCUT2D eigenvalue weighted by Crippen LogP contribution is -2.35. The fraction of sp³-hybridized carbons (Fsp3) is 0.400. The zero-order valence-corrected chi connectivity index (χ0v) is 16.7. The molecule has 1 fully saturated rings. The number of hydrogen-bond donors (Lipinski definition) is 2. The Morgan fingerprint density at radius 2 is 1.90 bits per heavy atom. The second kappa shape index (κ2) is 7.94. The number of nitrogens with zero attached hydrogens (tertiary/aromatic N) is 6. The summed E-state index contributed by atoms with van der Waals surface area (Å²) in [5, 5.41) is 6.97. The van der Waals surface area contributed by atoms with Crippen LogP contribution in [0.3, 0.4) is 0 Å². The van der Waals surface area contributed by atoms with Gasteiger partial charge < -0.3 is 15.5 Å². The van der Waals surface area contributed by atoms with Crippen LogP contribution in [0.25, 0.3) is 0 Å². The van der Waals surface area contributed by atoms with Crippen molar-refractivity contribution in [1.82, 2.24) is 24.7 Å². The standard InChI is InChI=1S/C20H26N8O/c1-26(2)19-22-16(21)12-17(23-19)27-10-8-15(9-11-27)18-24-25-20(29)28(18)13-14-6-4-3-5-7-14/h3-7,12,15H,8-11,13H2,1-2H3,(H,25,29)(H2,21,22,23). The van der Waals surface area contributed by atoms with Crippen molar-refractivity contribution in [3.05, 3.63) is 58.3 Å². The lowest BCUT2D eigenvalue weighted by atomic mass is 9.95. The van der Waals surface area contributed by atoms with Gasteiger partial charge in [0.05, 0.1) is 6.54 Å². The molecule has 3 N–H and O–H groups in total. The molecular weight excluding hydrogens is 368 g/mol. The average molecular weight is 394 g/mol. The van der Waals surface area contributed by atoms with Gasteiger partial charge >= 0.3 is 5.69 Å². The van der Waals surface area contributed by atoms with Gasteiger partial charge in [-0.05, 0) is 18.4 Å². The summed E-state index contributed by atoms with van der Waals surface area (Å²) < 4.78 is 1.75. The number of anilines is 3. The molecule has 1 saturated heterocycles. The minimum absolute atomic E-state index is 0.162. The molecule has 0 spiro atoms. The first kappa shape index (κ1) is 19.0. The monoisotopic (exact) mass is 394 g/mol. The molecule has 2 aromatic heterocycles. The first-order chi connectivity index (χ1) is 14.0. The number of nitrogens with one attached hydrogen (secondary N) is 1. The Labute approximate surface area is 169 Å². The molecule has 4 rings (SSSR count). The first-order valence-electron chi connectivity index (χ1n) is 9.77. The third kappa shape index (κ3) is 4.08. The van der Waals surface area contributed by atoms with Gasteiger partial charge in [0, 0.05) is 39.2 Å². The molecule has 1 aliphatic rings.